The van der Waals surface area contributed by atoms with Gasteiger partial charge in [-0.15, -0.1) is 0 Å². The minimum Gasteiger partial charge on any atom is -0.481 e. The van der Waals surface area contributed by atoms with Crippen LogP contribution in [0.15, 0.2) is 42.5 Å². The van der Waals surface area contributed by atoms with E-state index in [1.165, 1.54) is 12.1 Å². The molecule has 2 atom stereocenters. The highest BCUT2D eigenvalue weighted by molar-refractivity contribution is 5.31. The first kappa shape index (κ1) is 15.4. The van der Waals surface area contributed by atoms with Gasteiger partial charge in [0.1, 0.15) is 11.9 Å². The van der Waals surface area contributed by atoms with E-state index in [1.54, 1.807) is 37.3 Å². The summed E-state index contributed by atoms with van der Waals surface area (Å²) >= 11 is 0. The molecule has 0 fully saturated rings. The van der Waals surface area contributed by atoms with E-state index in [0.29, 0.717) is 12.0 Å². The topological polar surface area (TPSA) is 35.2 Å². The van der Waals surface area contributed by atoms with Crippen molar-refractivity contribution in [2.24, 2.45) is 5.73 Å². The molecule has 0 saturated carbocycles. The molecular formula is C17H19F2NO. The van der Waals surface area contributed by atoms with Gasteiger partial charge in [-0.05, 0) is 42.7 Å². The predicted molar refractivity (Wildman–Crippen MR) is 79.2 cm³/mol. The molecule has 2 aromatic rings. The van der Waals surface area contributed by atoms with Crippen LogP contribution in [0.1, 0.15) is 30.6 Å². The highest BCUT2D eigenvalue weighted by Crippen LogP contribution is 2.28. The van der Waals surface area contributed by atoms with Gasteiger partial charge in [-0.2, -0.15) is 0 Å². The van der Waals surface area contributed by atoms with E-state index in [2.05, 4.69) is 0 Å². The molecule has 0 aromatic heterocycles. The number of rotatable bonds is 5. The molecule has 2 N–H and O–H groups in total. The molecule has 0 spiro atoms. The van der Waals surface area contributed by atoms with Gasteiger partial charge in [0.25, 0.3) is 0 Å². The second-order valence-electron chi connectivity index (χ2n) is 5.05. The number of hydrogen-bond acceptors (Lipinski definition) is 2. The zero-order chi connectivity index (χ0) is 15.4. The van der Waals surface area contributed by atoms with Gasteiger partial charge in [-0.25, -0.2) is 8.78 Å². The van der Waals surface area contributed by atoms with E-state index in [9.17, 15) is 8.78 Å². The maximum absolute atomic E-state index is 14.1. The molecule has 0 saturated heterocycles. The number of benzene rings is 2. The van der Waals surface area contributed by atoms with Crippen LogP contribution >= 0.6 is 0 Å². The molecule has 0 heterocycles. The number of ether oxygens (including phenoxy) is 1. The van der Waals surface area contributed by atoms with Gasteiger partial charge in [-0.3, -0.25) is 0 Å². The van der Waals surface area contributed by atoms with Crippen LogP contribution in [0.5, 0.6) is 5.75 Å². The number of aryl methyl sites for hydroxylation is 1. The molecule has 0 aliphatic rings. The lowest BCUT2D eigenvalue weighted by Crippen LogP contribution is -2.31. The summed E-state index contributed by atoms with van der Waals surface area (Å²) in [7, 11) is 0. The van der Waals surface area contributed by atoms with Crippen molar-refractivity contribution in [2.75, 3.05) is 0 Å². The minimum absolute atomic E-state index is 0.160. The van der Waals surface area contributed by atoms with Crippen LogP contribution in [-0.4, -0.2) is 6.04 Å². The van der Waals surface area contributed by atoms with E-state index in [4.69, 9.17) is 10.5 Å². The molecule has 112 valence electrons. The highest BCUT2D eigenvalue weighted by Gasteiger charge is 2.22. The predicted octanol–water partition coefficient (Wildman–Crippen LogP) is 4.13. The second-order valence-corrected chi connectivity index (χ2v) is 5.05. The van der Waals surface area contributed by atoms with Crippen LogP contribution in [0, 0.1) is 18.6 Å². The van der Waals surface area contributed by atoms with Crippen LogP contribution in [0.3, 0.4) is 0 Å². The smallest absolute Gasteiger partial charge is 0.167 e. The van der Waals surface area contributed by atoms with Crippen LogP contribution in [0.4, 0.5) is 8.78 Å². The Bertz CT molecular complexity index is 598. The largest absolute Gasteiger partial charge is 0.481 e. The lowest BCUT2D eigenvalue weighted by atomic mass is 10.0. The van der Waals surface area contributed by atoms with Crippen LogP contribution in [-0.2, 0) is 0 Å². The summed E-state index contributed by atoms with van der Waals surface area (Å²) in [6.45, 7) is 3.60. The Morgan fingerprint density at radius 2 is 1.76 bits per heavy atom. The quantitative estimate of drug-likeness (QED) is 0.899. The van der Waals surface area contributed by atoms with Crippen molar-refractivity contribution in [1.29, 1.82) is 0 Å². The first-order valence-electron chi connectivity index (χ1n) is 6.95. The third-order valence-corrected chi connectivity index (χ3v) is 3.47. The standard InChI is InChI=1S/C17H19F2NO/c1-3-14(20)17(12-7-9-13(18)10-8-12)21-15-6-4-5-11(2)16(15)19/h4-10,14,17H,3,20H2,1-2H3. The van der Waals surface area contributed by atoms with E-state index in [-0.39, 0.29) is 17.6 Å². The summed E-state index contributed by atoms with van der Waals surface area (Å²) in [6, 6.07) is 10.6. The van der Waals surface area contributed by atoms with Gasteiger partial charge < -0.3 is 10.5 Å². The van der Waals surface area contributed by atoms with Crippen LogP contribution in [0.25, 0.3) is 0 Å². The number of nitrogens with two attached hydrogens (primary N) is 1. The van der Waals surface area contributed by atoms with Crippen molar-refractivity contribution in [1.82, 2.24) is 0 Å². The zero-order valence-electron chi connectivity index (χ0n) is 12.1. The van der Waals surface area contributed by atoms with Crippen molar-refractivity contribution < 1.29 is 13.5 Å². The third-order valence-electron chi connectivity index (χ3n) is 3.47. The van der Waals surface area contributed by atoms with Crippen LogP contribution in [0.2, 0.25) is 0 Å². The molecule has 0 bridgehead atoms. The minimum atomic E-state index is -0.521. The van der Waals surface area contributed by atoms with E-state index in [0.717, 1.165) is 5.56 Å². The summed E-state index contributed by atoms with van der Waals surface area (Å²) in [5, 5.41) is 0. The fourth-order valence-corrected chi connectivity index (χ4v) is 2.12. The molecule has 4 heteroatoms. The average molecular weight is 291 g/mol. The van der Waals surface area contributed by atoms with Gasteiger partial charge in [0, 0.05) is 6.04 Å². The Balaban J connectivity index is 2.33. The Hall–Kier alpha value is -1.94. The molecule has 2 aromatic carbocycles. The molecular weight excluding hydrogens is 272 g/mol. The first-order chi connectivity index (χ1) is 10.0. The van der Waals surface area contributed by atoms with Crippen molar-refractivity contribution in [3.8, 4) is 5.75 Å². The molecule has 2 rings (SSSR count). The van der Waals surface area contributed by atoms with Crippen molar-refractivity contribution in [3.05, 3.63) is 65.2 Å². The summed E-state index contributed by atoms with van der Waals surface area (Å²) in [6.07, 6.45) is 0.141. The van der Waals surface area contributed by atoms with E-state index in [1.807, 2.05) is 6.92 Å². The van der Waals surface area contributed by atoms with Gasteiger partial charge in [0.2, 0.25) is 0 Å². The monoisotopic (exact) mass is 291 g/mol. The maximum Gasteiger partial charge on any atom is 0.167 e. The molecule has 21 heavy (non-hydrogen) atoms. The Morgan fingerprint density at radius 3 is 2.38 bits per heavy atom. The number of hydrogen-bond donors (Lipinski definition) is 1. The summed E-state index contributed by atoms with van der Waals surface area (Å²) < 4.78 is 32.9. The van der Waals surface area contributed by atoms with E-state index < -0.39 is 11.9 Å². The Labute approximate surface area is 123 Å². The molecule has 2 unspecified atom stereocenters. The summed E-state index contributed by atoms with van der Waals surface area (Å²) in [5.41, 5.74) is 7.32. The normalized spacial score (nSPS) is 13.8. The average Bonchev–Trinajstić information content (AvgIpc) is 2.49. The maximum atomic E-state index is 14.1. The lowest BCUT2D eigenvalue weighted by molar-refractivity contribution is 0.163. The SMILES string of the molecule is CCC(N)C(Oc1cccc(C)c1F)c1ccc(F)cc1. The third kappa shape index (κ3) is 3.58. The van der Waals surface area contributed by atoms with Crippen LogP contribution < -0.4 is 10.5 Å². The van der Waals surface area contributed by atoms with Gasteiger partial charge >= 0.3 is 0 Å². The first-order valence-corrected chi connectivity index (χ1v) is 6.95. The Morgan fingerprint density at radius 1 is 1.10 bits per heavy atom. The zero-order valence-corrected chi connectivity index (χ0v) is 12.1. The molecule has 0 radical (unpaired) electrons. The lowest BCUT2D eigenvalue weighted by Gasteiger charge is -2.25. The fraction of sp³-hybridized carbons (Fsp3) is 0.294. The van der Waals surface area contributed by atoms with Crippen molar-refractivity contribution >= 4 is 0 Å². The van der Waals surface area contributed by atoms with Crippen molar-refractivity contribution in [2.45, 2.75) is 32.4 Å². The number of halogens is 2. The highest BCUT2D eigenvalue weighted by atomic mass is 19.1. The van der Waals surface area contributed by atoms with Gasteiger partial charge in [0.15, 0.2) is 11.6 Å². The van der Waals surface area contributed by atoms with Gasteiger partial charge in [-0.1, -0.05) is 31.2 Å². The summed E-state index contributed by atoms with van der Waals surface area (Å²) in [4.78, 5) is 0. The molecule has 0 amide bonds. The van der Waals surface area contributed by atoms with E-state index >= 15 is 0 Å². The fourth-order valence-electron chi connectivity index (χ4n) is 2.12. The molecule has 0 aliphatic heterocycles. The second kappa shape index (κ2) is 6.68. The van der Waals surface area contributed by atoms with Crippen molar-refractivity contribution in [3.63, 3.8) is 0 Å². The summed E-state index contributed by atoms with van der Waals surface area (Å²) in [5.74, 6) is -0.564. The Kier molecular flexibility index (Phi) is 4.91. The molecule has 2 nitrogen and oxygen atoms in total. The van der Waals surface area contributed by atoms with Gasteiger partial charge in [0.05, 0.1) is 0 Å². The molecule has 0 aliphatic carbocycles.